The first kappa shape index (κ1) is 14.5. The molecule has 1 rings (SSSR count). The summed E-state index contributed by atoms with van der Waals surface area (Å²) >= 11 is 0. The van der Waals surface area contributed by atoms with E-state index in [0.29, 0.717) is 5.56 Å². The molecule has 0 saturated heterocycles. The molecule has 4 heteroatoms. The zero-order valence-electron chi connectivity index (χ0n) is 9.74. The van der Waals surface area contributed by atoms with Gasteiger partial charge in [0.1, 0.15) is 0 Å². The summed E-state index contributed by atoms with van der Waals surface area (Å²) in [7, 11) is 0. The fourth-order valence-corrected chi connectivity index (χ4v) is 1.27. The minimum absolute atomic E-state index is 0.122. The van der Waals surface area contributed by atoms with E-state index in [4.69, 9.17) is 5.26 Å². The first-order chi connectivity index (χ1) is 7.38. The molecule has 0 aromatic heterocycles. The molecular formula is C12H14F3N. The van der Waals surface area contributed by atoms with E-state index in [1.807, 2.05) is 13.8 Å². The van der Waals surface area contributed by atoms with E-state index in [1.54, 1.807) is 13.0 Å². The Morgan fingerprint density at radius 3 is 2.00 bits per heavy atom. The summed E-state index contributed by atoms with van der Waals surface area (Å²) in [6.45, 7) is 6.96. The third-order valence-electron chi connectivity index (χ3n) is 2.14. The van der Waals surface area contributed by atoms with Crippen LogP contribution in [0, 0.1) is 25.2 Å². The average molecular weight is 229 g/mol. The van der Waals surface area contributed by atoms with Gasteiger partial charge in [0.05, 0.1) is 17.2 Å². The lowest BCUT2D eigenvalue weighted by Crippen LogP contribution is -2.11. The zero-order valence-corrected chi connectivity index (χ0v) is 9.74. The average Bonchev–Trinajstić information content (AvgIpc) is 2.23. The molecule has 16 heavy (non-hydrogen) atoms. The molecule has 0 amide bonds. The molecule has 0 unspecified atom stereocenters. The number of aryl methyl sites for hydroxylation is 1. The smallest absolute Gasteiger partial charge is 0.192 e. The molecule has 0 bridgehead atoms. The number of alkyl halides is 3. The van der Waals surface area contributed by atoms with Crippen LogP contribution >= 0.6 is 0 Å². The first-order valence-electron chi connectivity index (χ1n) is 4.95. The summed E-state index contributed by atoms with van der Waals surface area (Å²) < 4.78 is 37.6. The van der Waals surface area contributed by atoms with Crippen LogP contribution in [0.15, 0.2) is 12.1 Å². The quantitative estimate of drug-likeness (QED) is 0.653. The SMILES string of the molecule is CC.Cc1ccc(C#N)c(C(F)(F)F)c1C. The number of hydrogen-bond acceptors (Lipinski definition) is 1. The monoisotopic (exact) mass is 229 g/mol. The number of rotatable bonds is 0. The lowest BCUT2D eigenvalue weighted by atomic mass is 9.98. The van der Waals surface area contributed by atoms with Crippen LogP contribution in [0.4, 0.5) is 13.2 Å². The fourth-order valence-electron chi connectivity index (χ4n) is 1.27. The first-order valence-corrected chi connectivity index (χ1v) is 4.95. The van der Waals surface area contributed by atoms with Crippen LogP contribution in [0.3, 0.4) is 0 Å². The van der Waals surface area contributed by atoms with Crippen LogP contribution < -0.4 is 0 Å². The van der Waals surface area contributed by atoms with Gasteiger partial charge >= 0.3 is 6.18 Å². The molecule has 1 nitrogen and oxygen atoms in total. The molecule has 0 atom stereocenters. The molecule has 88 valence electrons. The zero-order chi connectivity index (χ0) is 12.9. The van der Waals surface area contributed by atoms with E-state index in [2.05, 4.69) is 0 Å². The van der Waals surface area contributed by atoms with E-state index >= 15 is 0 Å². The van der Waals surface area contributed by atoms with Crippen molar-refractivity contribution >= 4 is 0 Å². The maximum atomic E-state index is 12.5. The predicted octanol–water partition coefficient (Wildman–Crippen LogP) is 4.22. The van der Waals surface area contributed by atoms with Crippen LogP contribution in [-0.4, -0.2) is 0 Å². The molecular weight excluding hydrogens is 215 g/mol. The van der Waals surface area contributed by atoms with Crippen molar-refractivity contribution in [3.8, 4) is 6.07 Å². The van der Waals surface area contributed by atoms with Crippen molar-refractivity contribution in [2.24, 2.45) is 0 Å². The fraction of sp³-hybridized carbons (Fsp3) is 0.417. The van der Waals surface area contributed by atoms with Crippen molar-refractivity contribution in [2.45, 2.75) is 33.9 Å². The second kappa shape index (κ2) is 5.55. The van der Waals surface area contributed by atoms with Crippen LogP contribution in [0.5, 0.6) is 0 Å². The molecule has 0 fully saturated rings. The summed E-state index contributed by atoms with van der Waals surface area (Å²) in [5.41, 5.74) is -0.478. The summed E-state index contributed by atoms with van der Waals surface area (Å²) in [4.78, 5) is 0. The highest BCUT2D eigenvalue weighted by Crippen LogP contribution is 2.35. The Balaban J connectivity index is 0.00000106. The van der Waals surface area contributed by atoms with Gasteiger partial charge in [0.15, 0.2) is 0 Å². The van der Waals surface area contributed by atoms with Gasteiger partial charge in [-0.15, -0.1) is 0 Å². The highest BCUT2D eigenvalue weighted by Gasteiger charge is 2.35. The molecule has 1 aromatic rings. The molecule has 0 heterocycles. The highest BCUT2D eigenvalue weighted by molar-refractivity contribution is 5.47. The standard InChI is InChI=1S/C10H8F3N.C2H6/c1-6-3-4-8(5-14)9(7(6)2)10(11,12)13;1-2/h3-4H,1-2H3;1-2H3. The molecule has 0 aliphatic heterocycles. The van der Waals surface area contributed by atoms with Gasteiger partial charge in [0.2, 0.25) is 0 Å². The van der Waals surface area contributed by atoms with Gasteiger partial charge in [-0.25, -0.2) is 0 Å². The Morgan fingerprint density at radius 1 is 1.12 bits per heavy atom. The second-order valence-electron chi connectivity index (χ2n) is 3.04. The Labute approximate surface area is 93.5 Å². The van der Waals surface area contributed by atoms with Gasteiger partial charge in [-0.1, -0.05) is 19.9 Å². The highest BCUT2D eigenvalue weighted by atomic mass is 19.4. The van der Waals surface area contributed by atoms with Crippen LogP contribution in [0.1, 0.15) is 36.1 Å². The summed E-state index contributed by atoms with van der Waals surface area (Å²) in [6, 6.07) is 4.27. The van der Waals surface area contributed by atoms with E-state index in [0.717, 1.165) is 0 Å². The lowest BCUT2D eigenvalue weighted by Gasteiger charge is -2.13. The molecule has 0 spiro atoms. The number of benzene rings is 1. The minimum atomic E-state index is -4.46. The van der Waals surface area contributed by atoms with E-state index in [-0.39, 0.29) is 11.1 Å². The Morgan fingerprint density at radius 2 is 1.62 bits per heavy atom. The molecule has 0 radical (unpaired) electrons. The van der Waals surface area contributed by atoms with Gasteiger partial charge in [-0.05, 0) is 31.0 Å². The molecule has 0 aliphatic carbocycles. The Hall–Kier alpha value is -1.50. The van der Waals surface area contributed by atoms with Crippen LogP contribution in [0.25, 0.3) is 0 Å². The third-order valence-corrected chi connectivity index (χ3v) is 2.14. The predicted molar refractivity (Wildman–Crippen MR) is 57.0 cm³/mol. The number of halogens is 3. The lowest BCUT2D eigenvalue weighted by molar-refractivity contribution is -0.138. The van der Waals surface area contributed by atoms with Gasteiger partial charge in [-0.2, -0.15) is 18.4 Å². The molecule has 0 saturated carbocycles. The molecule has 0 N–H and O–H groups in total. The normalized spacial score (nSPS) is 10.1. The van der Waals surface area contributed by atoms with Crippen LogP contribution in [-0.2, 0) is 6.18 Å². The van der Waals surface area contributed by atoms with Crippen molar-refractivity contribution in [3.63, 3.8) is 0 Å². The maximum absolute atomic E-state index is 12.5. The van der Waals surface area contributed by atoms with Gasteiger partial charge in [-0.3, -0.25) is 0 Å². The Bertz CT molecular complexity index is 400. The summed E-state index contributed by atoms with van der Waals surface area (Å²) in [5, 5.41) is 8.55. The number of hydrogen-bond donors (Lipinski definition) is 0. The van der Waals surface area contributed by atoms with Gasteiger partial charge in [0, 0.05) is 0 Å². The third kappa shape index (κ3) is 2.99. The molecule has 0 aliphatic rings. The molecule has 1 aromatic carbocycles. The number of nitrogens with zero attached hydrogens (tertiary/aromatic N) is 1. The summed E-state index contributed by atoms with van der Waals surface area (Å²) in [6.07, 6.45) is -4.46. The van der Waals surface area contributed by atoms with Crippen molar-refractivity contribution < 1.29 is 13.2 Å². The van der Waals surface area contributed by atoms with Gasteiger partial charge < -0.3 is 0 Å². The second-order valence-corrected chi connectivity index (χ2v) is 3.04. The topological polar surface area (TPSA) is 23.8 Å². The van der Waals surface area contributed by atoms with Crippen molar-refractivity contribution in [2.75, 3.05) is 0 Å². The van der Waals surface area contributed by atoms with Crippen molar-refractivity contribution in [1.82, 2.24) is 0 Å². The van der Waals surface area contributed by atoms with Gasteiger partial charge in [0.25, 0.3) is 0 Å². The maximum Gasteiger partial charge on any atom is 0.417 e. The largest absolute Gasteiger partial charge is 0.417 e. The summed E-state index contributed by atoms with van der Waals surface area (Å²) in [5.74, 6) is 0. The van der Waals surface area contributed by atoms with E-state index in [1.165, 1.54) is 19.1 Å². The Kier molecular flexibility index (Phi) is 5.03. The van der Waals surface area contributed by atoms with E-state index in [9.17, 15) is 13.2 Å². The minimum Gasteiger partial charge on any atom is -0.192 e. The van der Waals surface area contributed by atoms with Crippen LogP contribution in [0.2, 0.25) is 0 Å². The van der Waals surface area contributed by atoms with Crippen molar-refractivity contribution in [3.05, 3.63) is 34.4 Å². The van der Waals surface area contributed by atoms with E-state index < -0.39 is 11.7 Å². The number of nitriles is 1. The van der Waals surface area contributed by atoms with Crippen molar-refractivity contribution in [1.29, 1.82) is 5.26 Å².